The Morgan fingerprint density at radius 1 is 1.25 bits per heavy atom. The standard InChI is InChI=1S/C21H23N5O2/c1-11-16-14(18(27)22-11)10-15(23-16)12-6-4-7-13-17(12)24-20(26(3)19(13)28)25-21(2)8-5-9-21/h4,6-7,10-11,23H,5,8-9H2,1-3H3,(H,22,27)(H,24,25)/t11-/m1/s1. The van der Waals surface area contributed by atoms with E-state index in [0.717, 1.165) is 29.8 Å². The topological polar surface area (TPSA) is 91.8 Å². The number of hydrogen-bond donors (Lipinski definition) is 3. The van der Waals surface area contributed by atoms with Crippen molar-refractivity contribution in [3.63, 3.8) is 0 Å². The van der Waals surface area contributed by atoms with Crippen molar-refractivity contribution >= 4 is 22.8 Å². The van der Waals surface area contributed by atoms with Crippen LogP contribution >= 0.6 is 0 Å². The fourth-order valence-electron chi connectivity index (χ4n) is 4.22. The van der Waals surface area contributed by atoms with Crippen LogP contribution in [0.15, 0.2) is 29.1 Å². The quantitative estimate of drug-likeness (QED) is 0.654. The van der Waals surface area contributed by atoms with Gasteiger partial charge in [-0.05, 0) is 45.2 Å². The fraction of sp³-hybridized carbons (Fsp3) is 0.381. The molecule has 1 aromatic carbocycles. The average molecular weight is 377 g/mol. The minimum Gasteiger partial charge on any atom is -0.356 e. The predicted octanol–water partition coefficient (Wildman–Crippen LogP) is 3.09. The van der Waals surface area contributed by atoms with Crippen molar-refractivity contribution in [3.05, 3.63) is 45.9 Å². The van der Waals surface area contributed by atoms with Gasteiger partial charge in [-0.1, -0.05) is 12.1 Å². The number of para-hydroxylation sites is 1. The third-order valence-corrected chi connectivity index (χ3v) is 6.14. The summed E-state index contributed by atoms with van der Waals surface area (Å²) < 4.78 is 1.58. The maximum Gasteiger partial charge on any atom is 0.262 e. The van der Waals surface area contributed by atoms with E-state index in [-0.39, 0.29) is 23.0 Å². The van der Waals surface area contributed by atoms with Crippen LogP contribution in [0.5, 0.6) is 0 Å². The highest BCUT2D eigenvalue weighted by Gasteiger charge is 2.33. The Hall–Kier alpha value is -3.09. The van der Waals surface area contributed by atoms with E-state index in [9.17, 15) is 9.59 Å². The van der Waals surface area contributed by atoms with Crippen LogP contribution in [-0.2, 0) is 7.05 Å². The third-order valence-electron chi connectivity index (χ3n) is 6.14. The van der Waals surface area contributed by atoms with E-state index < -0.39 is 0 Å². The van der Waals surface area contributed by atoms with Gasteiger partial charge in [0.1, 0.15) is 0 Å². The molecule has 1 saturated carbocycles. The number of carbonyl (C=O) groups excluding carboxylic acids is 1. The van der Waals surface area contributed by atoms with Crippen molar-refractivity contribution in [2.24, 2.45) is 7.05 Å². The number of nitrogens with zero attached hydrogens (tertiary/aromatic N) is 2. The molecule has 7 nitrogen and oxygen atoms in total. The van der Waals surface area contributed by atoms with E-state index in [1.807, 2.05) is 25.1 Å². The number of carbonyl (C=O) groups is 1. The summed E-state index contributed by atoms with van der Waals surface area (Å²) in [4.78, 5) is 33.3. The molecule has 1 aliphatic heterocycles. The van der Waals surface area contributed by atoms with Gasteiger partial charge in [0, 0.05) is 23.8 Å². The smallest absolute Gasteiger partial charge is 0.262 e. The SMILES string of the molecule is C[C@H]1NC(=O)c2cc(-c3cccc4c(=O)n(C)c(NC5(C)CCC5)nc34)[nH]c21. The molecule has 144 valence electrons. The first kappa shape index (κ1) is 17.0. The second kappa shape index (κ2) is 5.70. The Balaban J connectivity index is 1.69. The first-order chi connectivity index (χ1) is 13.4. The van der Waals surface area contributed by atoms with E-state index in [1.54, 1.807) is 17.7 Å². The summed E-state index contributed by atoms with van der Waals surface area (Å²) in [5.41, 5.74) is 3.71. The van der Waals surface area contributed by atoms with E-state index in [2.05, 4.69) is 22.5 Å². The number of aromatic nitrogens is 3. The molecule has 1 fully saturated rings. The van der Waals surface area contributed by atoms with E-state index in [0.29, 0.717) is 22.4 Å². The summed E-state index contributed by atoms with van der Waals surface area (Å²) in [5, 5.41) is 6.92. The highest BCUT2D eigenvalue weighted by atomic mass is 16.2. The molecule has 0 unspecified atom stereocenters. The minimum atomic E-state index is -0.0810. The van der Waals surface area contributed by atoms with E-state index in [4.69, 9.17) is 4.98 Å². The van der Waals surface area contributed by atoms with Crippen LogP contribution in [0.2, 0.25) is 0 Å². The number of H-pyrrole nitrogens is 1. The third kappa shape index (κ3) is 2.38. The lowest BCUT2D eigenvalue weighted by Gasteiger charge is -2.39. The van der Waals surface area contributed by atoms with Crippen molar-refractivity contribution in [2.45, 2.75) is 44.7 Å². The Kier molecular flexibility index (Phi) is 3.47. The molecule has 3 heterocycles. The van der Waals surface area contributed by atoms with Gasteiger partial charge in [-0.2, -0.15) is 0 Å². The first-order valence-electron chi connectivity index (χ1n) is 9.68. The molecule has 2 aliphatic rings. The lowest BCUT2D eigenvalue weighted by atomic mass is 9.79. The highest BCUT2D eigenvalue weighted by molar-refractivity contribution is 6.01. The number of rotatable bonds is 3. The van der Waals surface area contributed by atoms with Gasteiger partial charge in [0.15, 0.2) is 0 Å². The molecule has 1 atom stereocenters. The van der Waals surface area contributed by atoms with Crippen LogP contribution in [0.3, 0.4) is 0 Å². The molecule has 1 aliphatic carbocycles. The molecule has 7 heteroatoms. The molecular formula is C21H23N5O2. The maximum atomic E-state index is 13.0. The van der Waals surface area contributed by atoms with Crippen LogP contribution in [0, 0.1) is 0 Å². The van der Waals surface area contributed by atoms with Gasteiger partial charge in [0.05, 0.1) is 28.2 Å². The van der Waals surface area contributed by atoms with Crippen molar-refractivity contribution < 1.29 is 4.79 Å². The van der Waals surface area contributed by atoms with Crippen molar-refractivity contribution in [1.82, 2.24) is 19.9 Å². The molecule has 0 radical (unpaired) electrons. The summed E-state index contributed by atoms with van der Waals surface area (Å²) in [5.74, 6) is 0.506. The number of amides is 1. The zero-order valence-corrected chi connectivity index (χ0v) is 16.2. The number of fused-ring (bicyclic) bond motifs is 2. The van der Waals surface area contributed by atoms with Crippen LogP contribution in [0.4, 0.5) is 5.95 Å². The Labute approximate surface area is 162 Å². The Morgan fingerprint density at radius 3 is 2.71 bits per heavy atom. The van der Waals surface area contributed by atoms with Gasteiger partial charge in [-0.15, -0.1) is 0 Å². The largest absolute Gasteiger partial charge is 0.356 e. The van der Waals surface area contributed by atoms with Crippen LogP contribution in [0.1, 0.15) is 55.2 Å². The van der Waals surface area contributed by atoms with E-state index >= 15 is 0 Å². The lowest BCUT2D eigenvalue weighted by Crippen LogP contribution is -2.43. The number of benzene rings is 1. The van der Waals surface area contributed by atoms with Gasteiger partial charge in [-0.25, -0.2) is 4.98 Å². The van der Waals surface area contributed by atoms with Gasteiger partial charge < -0.3 is 15.6 Å². The number of nitrogens with one attached hydrogen (secondary N) is 3. The zero-order valence-electron chi connectivity index (χ0n) is 16.2. The Bertz CT molecular complexity index is 1190. The normalized spacial score (nSPS) is 20.0. The average Bonchev–Trinajstić information content (AvgIpc) is 3.19. The van der Waals surface area contributed by atoms with Gasteiger partial charge in [0.25, 0.3) is 11.5 Å². The first-order valence-corrected chi connectivity index (χ1v) is 9.68. The summed E-state index contributed by atoms with van der Waals surface area (Å²) >= 11 is 0. The molecule has 28 heavy (non-hydrogen) atoms. The van der Waals surface area contributed by atoms with Crippen molar-refractivity contribution in [3.8, 4) is 11.3 Å². The summed E-state index contributed by atoms with van der Waals surface area (Å²) in [6.45, 7) is 4.11. The second-order valence-corrected chi connectivity index (χ2v) is 8.25. The lowest BCUT2D eigenvalue weighted by molar-refractivity contribution is 0.0958. The fourth-order valence-corrected chi connectivity index (χ4v) is 4.22. The predicted molar refractivity (Wildman–Crippen MR) is 109 cm³/mol. The van der Waals surface area contributed by atoms with Crippen LogP contribution < -0.4 is 16.2 Å². The van der Waals surface area contributed by atoms with Crippen molar-refractivity contribution in [1.29, 1.82) is 0 Å². The van der Waals surface area contributed by atoms with Crippen molar-refractivity contribution in [2.75, 3.05) is 5.32 Å². The molecule has 3 N–H and O–H groups in total. The molecule has 5 rings (SSSR count). The number of anilines is 1. The zero-order chi connectivity index (χ0) is 19.6. The molecule has 1 amide bonds. The molecule has 3 aromatic rings. The van der Waals surface area contributed by atoms with E-state index in [1.165, 1.54) is 6.42 Å². The molecular weight excluding hydrogens is 354 g/mol. The molecule has 0 spiro atoms. The van der Waals surface area contributed by atoms with Crippen LogP contribution in [-0.4, -0.2) is 26.0 Å². The summed E-state index contributed by atoms with van der Waals surface area (Å²) in [6, 6.07) is 7.39. The maximum absolute atomic E-state index is 13.0. The van der Waals surface area contributed by atoms with Gasteiger partial charge in [0.2, 0.25) is 5.95 Å². The number of hydrogen-bond acceptors (Lipinski definition) is 4. The highest BCUT2D eigenvalue weighted by Crippen LogP contribution is 2.35. The van der Waals surface area contributed by atoms with Gasteiger partial charge >= 0.3 is 0 Å². The monoisotopic (exact) mass is 377 g/mol. The minimum absolute atomic E-state index is 0.0129. The summed E-state index contributed by atoms with van der Waals surface area (Å²) in [6.07, 6.45) is 3.32. The Morgan fingerprint density at radius 2 is 2.04 bits per heavy atom. The second-order valence-electron chi connectivity index (χ2n) is 8.25. The van der Waals surface area contributed by atoms with Crippen LogP contribution in [0.25, 0.3) is 22.2 Å². The molecule has 0 bridgehead atoms. The molecule has 2 aromatic heterocycles. The van der Waals surface area contributed by atoms with Gasteiger partial charge in [-0.3, -0.25) is 14.2 Å². The number of aromatic amines is 1. The molecule has 0 saturated heterocycles. The summed E-state index contributed by atoms with van der Waals surface area (Å²) in [7, 11) is 1.75.